The van der Waals surface area contributed by atoms with Crippen LogP contribution in [0.3, 0.4) is 0 Å². The van der Waals surface area contributed by atoms with Gasteiger partial charge in [-0.05, 0) is 71.5 Å². The molecular weight excluding hydrogens is 509 g/mol. The highest BCUT2D eigenvalue weighted by atomic mass is 127. The molecule has 3 rings (SSSR count). The van der Waals surface area contributed by atoms with Crippen molar-refractivity contribution >= 4 is 58.1 Å². The molecule has 2 aromatic rings. The van der Waals surface area contributed by atoms with Crippen LogP contribution in [0.2, 0.25) is 5.02 Å². The van der Waals surface area contributed by atoms with Crippen molar-refractivity contribution in [2.75, 3.05) is 6.61 Å². The summed E-state index contributed by atoms with van der Waals surface area (Å²) in [5.74, 6) is -0.0535. The first-order valence-corrected chi connectivity index (χ1v) is 10.3. The van der Waals surface area contributed by atoms with Crippen LogP contribution in [-0.2, 0) is 14.3 Å². The highest BCUT2D eigenvalue weighted by Crippen LogP contribution is 2.31. The van der Waals surface area contributed by atoms with E-state index < -0.39 is 5.97 Å². The van der Waals surface area contributed by atoms with Gasteiger partial charge in [0.05, 0.1) is 17.2 Å². The third kappa shape index (κ3) is 5.16. The normalized spacial score (nSPS) is 14.6. The van der Waals surface area contributed by atoms with E-state index in [-0.39, 0.29) is 24.0 Å². The fourth-order valence-corrected chi connectivity index (χ4v) is 3.20. The van der Waals surface area contributed by atoms with E-state index in [1.807, 2.05) is 13.0 Å². The van der Waals surface area contributed by atoms with Crippen LogP contribution < -0.4 is 9.47 Å². The van der Waals surface area contributed by atoms with Crippen LogP contribution in [0.4, 0.5) is 0 Å². The number of aliphatic imine (C=N–C) groups is 1. The van der Waals surface area contributed by atoms with Gasteiger partial charge in [0.2, 0.25) is 5.90 Å². The summed E-state index contributed by atoms with van der Waals surface area (Å²) in [4.78, 5) is 28.1. The zero-order valence-electron chi connectivity index (χ0n) is 15.7. The number of halogens is 2. The average Bonchev–Trinajstić information content (AvgIpc) is 3.06. The Balaban J connectivity index is 1.93. The maximum absolute atomic E-state index is 12.3. The van der Waals surface area contributed by atoms with Crippen LogP contribution in [0.25, 0.3) is 6.08 Å². The van der Waals surface area contributed by atoms with Crippen LogP contribution in [0, 0.1) is 3.57 Å². The standard InChI is InChI=1S/C21H17ClINO5/c1-3-19(25)28-17-8-5-12(10-18(17)27-4-2)9-16-21(26)29-20(24-16)14-11-13(23)6-7-15(14)22/h5-11H,3-4H2,1-2H3. The number of cyclic esters (lactones) is 1. The molecule has 0 amide bonds. The van der Waals surface area contributed by atoms with Crippen molar-refractivity contribution in [1.29, 1.82) is 0 Å². The first-order chi connectivity index (χ1) is 13.9. The minimum absolute atomic E-state index is 0.135. The van der Waals surface area contributed by atoms with Gasteiger partial charge in [-0.2, -0.15) is 0 Å². The Kier molecular flexibility index (Phi) is 6.92. The number of benzene rings is 2. The lowest BCUT2D eigenvalue weighted by Crippen LogP contribution is -2.07. The first-order valence-electron chi connectivity index (χ1n) is 8.86. The molecule has 0 spiro atoms. The molecule has 6 nitrogen and oxygen atoms in total. The molecule has 150 valence electrons. The highest BCUT2D eigenvalue weighted by molar-refractivity contribution is 14.1. The summed E-state index contributed by atoms with van der Waals surface area (Å²) >= 11 is 8.35. The third-order valence-electron chi connectivity index (χ3n) is 3.86. The number of hydrogen-bond acceptors (Lipinski definition) is 6. The summed E-state index contributed by atoms with van der Waals surface area (Å²) in [5, 5.41) is 0.443. The lowest BCUT2D eigenvalue weighted by molar-refractivity contribution is -0.134. The second-order valence-electron chi connectivity index (χ2n) is 5.93. The van der Waals surface area contributed by atoms with E-state index in [9.17, 15) is 9.59 Å². The topological polar surface area (TPSA) is 74.2 Å². The average molecular weight is 526 g/mol. The van der Waals surface area contributed by atoms with Crippen LogP contribution in [0.5, 0.6) is 11.5 Å². The Labute approximate surface area is 186 Å². The van der Waals surface area contributed by atoms with E-state index in [4.69, 9.17) is 25.8 Å². The fraction of sp³-hybridized carbons (Fsp3) is 0.190. The summed E-state index contributed by atoms with van der Waals surface area (Å²) < 4.78 is 17.1. The summed E-state index contributed by atoms with van der Waals surface area (Å²) in [5.41, 5.74) is 1.33. The molecule has 0 saturated heterocycles. The quantitative estimate of drug-likeness (QED) is 0.230. The lowest BCUT2D eigenvalue weighted by Gasteiger charge is -2.10. The smallest absolute Gasteiger partial charge is 0.363 e. The second kappa shape index (κ2) is 9.41. The number of carbonyl (C=O) groups is 2. The van der Waals surface area contributed by atoms with E-state index in [1.165, 1.54) is 0 Å². The molecule has 0 N–H and O–H groups in total. The van der Waals surface area contributed by atoms with Gasteiger partial charge in [-0.1, -0.05) is 24.6 Å². The Morgan fingerprint density at radius 3 is 2.72 bits per heavy atom. The molecule has 8 heteroatoms. The summed E-state index contributed by atoms with van der Waals surface area (Å²) in [6.07, 6.45) is 1.83. The lowest BCUT2D eigenvalue weighted by atomic mass is 10.1. The Bertz CT molecular complexity index is 1030. The molecule has 0 saturated carbocycles. The maximum atomic E-state index is 12.3. The van der Waals surface area contributed by atoms with Crippen molar-refractivity contribution in [1.82, 2.24) is 0 Å². The van der Waals surface area contributed by atoms with E-state index >= 15 is 0 Å². The van der Waals surface area contributed by atoms with E-state index in [1.54, 1.807) is 43.3 Å². The Hall–Kier alpha value is -2.39. The van der Waals surface area contributed by atoms with Gasteiger partial charge in [0.25, 0.3) is 0 Å². The van der Waals surface area contributed by atoms with Crippen molar-refractivity contribution in [3.63, 3.8) is 0 Å². The number of rotatable bonds is 6. The number of carbonyl (C=O) groups excluding carboxylic acids is 2. The molecule has 0 atom stereocenters. The Morgan fingerprint density at radius 2 is 2.00 bits per heavy atom. The van der Waals surface area contributed by atoms with Gasteiger partial charge in [-0.25, -0.2) is 9.79 Å². The van der Waals surface area contributed by atoms with Crippen molar-refractivity contribution in [3.05, 3.63) is 61.8 Å². The number of ether oxygens (including phenoxy) is 3. The molecule has 0 unspecified atom stereocenters. The fourth-order valence-electron chi connectivity index (χ4n) is 2.51. The molecule has 2 aromatic carbocycles. The van der Waals surface area contributed by atoms with Crippen molar-refractivity contribution in [3.8, 4) is 11.5 Å². The summed E-state index contributed by atoms with van der Waals surface area (Å²) in [6, 6.07) is 10.4. The van der Waals surface area contributed by atoms with E-state index in [0.717, 1.165) is 3.57 Å². The molecule has 0 radical (unpaired) electrons. The molecule has 0 aromatic heterocycles. The molecule has 29 heavy (non-hydrogen) atoms. The van der Waals surface area contributed by atoms with Gasteiger partial charge in [-0.3, -0.25) is 4.79 Å². The largest absolute Gasteiger partial charge is 0.490 e. The number of hydrogen-bond donors (Lipinski definition) is 0. The second-order valence-corrected chi connectivity index (χ2v) is 7.58. The van der Waals surface area contributed by atoms with Crippen molar-refractivity contribution in [2.24, 2.45) is 4.99 Å². The van der Waals surface area contributed by atoms with E-state index in [0.29, 0.717) is 34.3 Å². The minimum atomic E-state index is -0.575. The van der Waals surface area contributed by atoms with E-state index in [2.05, 4.69) is 27.6 Å². The first kappa shape index (κ1) is 21.3. The van der Waals surface area contributed by atoms with Gasteiger partial charge in [0, 0.05) is 9.99 Å². The Morgan fingerprint density at radius 1 is 1.21 bits per heavy atom. The summed E-state index contributed by atoms with van der Waals surface area (Å²) in [7, 11) is 0. The van der Waals surface area contributed by atoms with Crippen LogP contribution in [0.1, 0.15) is 31.4 Å². The number of nitrogens with zero attached hydrogens (tertiary/aromatic N) is 1. The van der Waals surface area contributed by atoms with Gasteiger partial charge in [0.1, 0.15) is 0 Å². The van der Waals surface area contributed by atoms with Crippen LogP contribution in [-0.4, -0.2) is 24.4 Å². The van der Waals surface area contributed by atoms with Gasteiger partial charge in [0.15, 0.2) is 17.2 Å². The molecular formula is C21H17ClINO5. The molecule has 1 aliphatic heterocycles. The third-order valence-corrected chi connectivity index (χ3v) is 4.86. The molecule has 0 aliphatic carbocycles. The highest BCUT2D eigenvalue weighted by Gasteiger charge is 2.26. The molecule has 1 heterocycles. The molecule has 1 aliphatic rings. The van der Waals surface area contributed by atoms with Gasteiger partial charge >= 0.3 is 11.9 Å². The summed E-state index contributed by atoms with van der Waals surface area (Å²) in [6.45, 7) is 3.93. The zero-order chi connectivity index (χ0) is 21.0. The predicted molar refractivity (Wildman–Crippen MR) is 118 cm³/mol. The monoisotopic (exact) mass is 525 g/mol. The van der Waals surface area contributed by atoms with Crippen molar-refractivity contribution < 1.29 is 23.8 Å². The number of esters is 2. The van der Waals surface area contributed by atoms with Gasteiger partial charge in [-0.15, -0.1) is 0 Å². The molecule has 0 bridgehead atoms. The van der Waals surface area contributed by atoms with Crippen LogP contribution in [0.15, 0.2) is 47.1 Å². The molecule has 0 fully saturated rings. The predicted octanol–water partition coefficient (Wildman–Crippen LogP) is 5.00. The maximum Gasteiger partial charge on any atom is 0.363 e. The minimum Gasteiger partial charge on any atom is -0.490 e. The zero-order valence-corrected chi connectivity index (χ0v) is 18.6. The van der Waals surface area contributed by atoms with Crippen LogP contribution >= 0.6 is 34.2 Å². The van der Waals surface area contributed by atoms with Crippen molar-refractivity contribution in [2.45, 2.75) is 20.3 Å². The van der Waals surface area contributed by atoms with Gasteiger partial charge < -0.3 is 14.2 Å². The SMILES string of the molecule is CCOc1cc(C=C2N=C(c3cc(I)ccc3Cl)OC2=O)ccc1OC(=O)CC.